The maximum atomic E-state index is 14.4. The lowest BCUT2D eigenvalue weighted by Crippen LogP contribution is -2.60. The van der Waals surface area contributed by atoms with Crippen LogP contribution in [-0.4, -0.2) is 32.4 Å². The van der Waals surface area contributed by atoms with Crippen LogP contribution < -0.4 is 38.1 Å². The summed E-state index contributed by atoms with van der Waals surface area (Å²) in [5.41, 5.74) is -16.1. The summed E-state index contributed by atoms with van der Waals surface area (Å²) < 4.78 is 417. The average molecular weight is 1330 g/mol. The maximum absolute atomic E-state index is 14.4. The number of nitrogens with one attached hydrogen (secondary N) is 1. The molecule has 0 amide bonds. The predicted octanol–water partition coefficient (Wildman–Crippen LogP) is 14.8. The van der Waals surface area contributed by atoms with Crippen LogP contribution in [-0.2, 0) is 0 Å². The average Bonchev–Trinajstić information content (AvgIpc) is 0.763. The molecule has 0 aromatic heterocycles. The number of amidine groups is 1. The van der Waals surface area contributed by atoms with E-state index in [4.69, 9.17) is 0 Å². The fraction of sp³-hybridized carbons (Fsp3) is 0.339. The van der Waals surface area contributed by atoms with Gasteiger partial charge in [0.25, 0.3) is 13.4 Å². The Balaban J connectivity index is 0.000000252. The van der Waals surface area contributed by atoms with Crippen molar-refractivity contribution in [1.82, 2.24) is 5.32 Å². The van der Waals surface area contributed by atoms with Crippen LogP contribution in [0, 0.1) is 175 Å². The van der Waals surface area contributed by atoms with Gasteiger partial charge >= 0.3 is 0 Å². The lowest BCUT2D eigenvalue weighted by Gasteiger charge is -2.21. The van der Waals surface area contributed by atoms with E-state index in [0.717, 1.165) is 13.1 Å². The summed E-state index contributed by atoms with van der Waals surface area (Å²) in [6, 6.07) is 0. The second kappa shape index (κ2) is 31.7. The van der Waals surface area contributed by atoms with Crippen LogP contribution in [0.1, 0.15) is 110 Å². The standard InChI is InChI=1S/C20H40N2.2C18BF15/c1-2-3-4-5-6-7-8-9-10-11-12-13-14-15-16-17-20-21-18-19-22-20;2*20-4-1(5(21)11(27)16(32)10(4)26)19(2-6(22)12(28)17(33)13(29)7(2)23)3-8(24)14(30)18(34)15(31)9(3)25/h2-19H2,1H3,(H,21,22);;. The van der Waals surface area contributed by atoms with Crippen molar-refractivity contribution in [2.45, 2.75) is 110 Å². The lowest BCUT2D eigenvalue weighted by molar-refractivity contribution is 0.380. The molecule has 90 heavy (non-hydrogen) atoms. The summed E-state index contributed by atoms with van der Waals surface area (Å²) in [6.07, 6.45) is 22.8. The molecule has 7 rings (SSSR count). The number of hydrogen-bond donors (Lipinski definition) is 1. The zero-order valence-corrected chi connectivity index (χ0v) is 45.7. The molecule has 0 atom stereocenters. The Morgan fingerprint density at radius 2 is 0.389 bits per heavy atom. The van der Waals surface area contributed by atoms with Crippen molar-refractivity contribution < 1.29 is 132 Å². The maximum Gasteiger partial charge on any atom is 0.265 e. The summed E-state index contributed by atoms with van der Waals surface area (Å²) in [7, 11) is 0. The topological polar surface area (TPSA) is 24.4 Å². The minimum atomic E-state index is -3.96. The van der Waals surface area contributed by atoms with Gasteiger partial charge in [0, 0.05) is 45.7 Å². The first kappa shape index (κ1) is 73.6. The van der Waals surface area contributed by atoms with Crippen LogP contribution in [0.3, 0.4) is 0 Å². The van der Waals surface area contributed by atoms with E-state index in [9.17, 15) is 132 Å². The van der Waals surface area contributed by atoms with Gasteiger partial charge in [0.05, 0.1) is 12.4 Å². The molecule has 0 spiro atoms. The molecular weight excluding hydrogens is 1290 g/mol. The Hall–Kier alpha value is -7.18. The van der Waals surface area contributed by atoms with Gasteiger partial charge in [-0.15, -0.1) is 0 Å². The van der Waals surface area contributed by atoms with Crippen LogP contribution in [0.5, 0.6) is 0 Å². The Kier molecular flexibility index (Phi) is 25.9. The monoisotopic (exact) mass is 1330 g/mol. The Morgan fingerprint density at radius 3 is 0.544 bits per heavy atom. The number of rotatable bonds is 22. The SMILES string of the molecule is CCCCCCCCCCCCCCCCCC1=NCCN1.Fc1c(F)c(F)c(B(c2c(F)c(F)c(F)c(F)c2F)c2c(F)c(F)c(F)c(F)c2F)c(F)c1F.Fc1c(F)c(F)c(B(c2c(F)c(F)c(F)c(F)c2F)c2c(F)c(F)c(F)c(F)c2F)c(F)c1F. The van der Waals surface area contributed by atoms with E-state index >= 15 is 0 Å². The molecule has 0 saturated heterocycles. The van der Waals surface area contributed by atoms with Gasteiger partial charge in [0.15, 0.2) is 175 Å². The molecule has 0 unspecified atom stereocenters. The molecule has 0 fully saturated rings. The van der Waals surface area contributed by atoms with E-state index in [1.807, 2.05) is 0 Å². The first-order valence-corrected chi connectivity index (χ1v) is 26.6. The highest BCUT2D eigenvalue weighted by Gasteiger charge is 2.47. The molecule has 0 bridgehead atoms. The fourth-order valence-corrected chi connectivity index (χ4v) is 9.40. The third-order valence-electron chi connectivity index (χ3n) is 14.0. The second-order valence-corrected chi connectivity index (χ2v) is 19.7. The van der Waals surface area contributed by atoms with Gasteiger partial charge in [0.2, 0.25) is 0 Å². The minimum absolute atomic E-state index is 0.994. The summed E-state index contributed by atoms with van der Waals surface area (Å²) in [5, 5.41) is 3.36. The fourth-order valence-electron chi connectivity index (χ4n) is 9.40. The second-order valence-electron chi connectivity index (χ2n) is 19.7. The Bertz CT molecular complexity index is 2960. The first-order valence-electron chi connectivity index (χ1n) is 26.6. The molecule has 1 aliphatic rings. The normalized spacial score (nSPS) is 12.1. The van der Waals surface area contributed by atoms with E-state index in [0.29, 0.717) is 0 Å². The molecule has 1 heterocycles. The lowest BCUT2D eigenvalue weighted by atomic mass is 9.36. The number of hydrogen-bond acceptors (Lipinski definition) is 2. The van der Waals surface area contributed by atoms with Gasteiger partial charge < -0.3 is 5.32 Å². The molecule has 2 nitrogen and oxygen atoms in total. The van der Waals surface area contributed by atoms with E-state index < -0.39 is 221 Å². The summed E-state index contributed by atoms with van der Waals surface area (Å²) >= 11 is 0. The zero-order valence-electron chi connectivity index (χ0n) is 45.7. The van der Waals surface area contributed by atoms with Gasteiger partial charge in [-0.3, -0.25) is 4.99 Å². The molecule has 6 aromatic rings. The number of unbranched alkanes of at least 4 members (excludes halogenated alkanes) is 14. The van der Waals surface area contributed by atoms with Gasteiger partial charge in [-0.2, -0.15) is 0 Å². The van der Waals surface area contributed by atoms with Crippen molar-refractivity contribution in [3.05, 3.63) is 175 Å². The smallest absolute Gasteiger partial charge is 0.265 e. The van der Waals surface area contributed by atoms with Crippen molar-refractivity contribution in [3.8, 4) is 0 Å². The number of nitrogens with zero attached hydrogens (tertiary/aromatic N) is 1. The predicted molar refractivity (Wildman–Crippen MR) is 267 cm³/mol. The number of benzene rings is 6. The van der Waals surface area contributed by atoms with E-state index in [1.54, 1.807) is 0 Å². The highest BCUT2D eigenvalue weighted by Crippen LogP contribution is 2.27. The third-order valence-corrected chi connectivity index (χ3v) is 14.0. The van der Waals surface area contributed by atoms with Crippen molar-refractivity contribution in [3.63, 3.8) is 0 Å². The van der Waals surface area contributed by atoms with Crippen LogP contribution in [0.2, 0.25) is 0 Å². The highest BCUT2D eigenvalue weighted by molar-refractivity contribution is 6.96. The minimum Gasteiger partial charge on any atom is -0.372 e. The van der Waals surface area contributed by atoms with Crippen molar-refractivity contribution in [2.24, 2.45) is 4.99 Å². The van der Waals surface area contributed by atoms with Gasteiger partial charge in [-0.05, 0) is 6.42 Å². The molecule has 6 aromatic carbocycles. The Morgan fingerprint density at radius 1 is 0.233 bits per heavy atom. The Labute approximate surface area is 490 Å². The van der Waals surface area contributed by atoms with Gasteiger partial charge in [0.1, 0.15) is 0 Å². The zero-order chi connectivity index (χ0) is 67.7. The number of aliphatic imine (C=N–C) groups is 1. The van der Waals surface area contributed by atoms with Gasteiger partial charge in [-0.25, -0.2) is 132 Å². The molecular formula is C56H40B2F30N2. The number of halogens is 30. The third kappa shape index (κ3) is 15.1. The molecule has 0 radical (unpaired) electrons. The molecule has 34 heteroatoms. The molecule has 490 valence electrons. The van der Waals surface area contributed by atoms with Crippen molar-refractivity contribution in [2.75, 3.05) is 13.1 Å². The van der Waals surface area contributed by atoms with E-state index in [1.165, 1.54) is 109 Å². The largest absolute Gasteiger partial charge is 0.372 e. The van der Waals surface area contributed by atoms with E-state index in [2.05, 4.69) is 17.2 Å². The van der Waals surface area contributed by atoms with Gasteiger partial charge in [-0.1, -0.05) is 96.8 Å². The molecule has 1 N–H and O–H groups in total. The summed E-state index contributed by atoms with van der Waals surface area (Å²) in [4.78, 5) is 4.44. The highest BCUT2D eigenvalue weighted by atomic mass is 19.2. The van der Waals surface area contributed by atoms with Crippen LogP contribution in [0.25, 0.3) is 0 Å². The van der Waals surface area contributed by atoms with Crippen molar-refractivity contribution in [1.29, 1.82) is 0 Å². The van der Waals surface area contributed by atoms with E-state index in [-0.39, 0.29) is 0 Å². The molecule has 0 saturated carbocycles. The van der Waals surface area contributed by atoms with Crippen LogP contribution in [0.15, 0.2) is 4.99 Å². The summed E-state index contributed by atoms with van der Waals surface area (Å²) in [6.45, 7) is -3.57. The van der Waals surface area contributed by atoms with Crippen LogP contribution in [0.4, 0.5) is 132 Å². The van der Waals surface area contributed by atoms with Crippen molar-refractivity contribution >= 4 is 52.0 Å². The molecule has 1 aliphatic heterocycles. The summed E-state index contributed by atoms with van der Waals surface area (Å²) in [5.74, 6) is -89.2. The van der Waals surface area contributed by atoms with Crippen LogP contribution >= 0.6 is 0 Å². The first-order chi connectivity index (χ1) is 42.3. The molecule has 0 aliphatic carbocycles. The quantitative estimate of drug-likeness (QED) is 0.0237.